The number of benzene rings is 1. The Bertz CT molecular complexity index is 348. The van der Waals surface area contributed by atoms with Crippen molar-refractivity contribution < 1.29 is 0 Å². The quantitative estimate of drug-likeness (QED) is 0.790. The lowest BCUT2D eigenvalue weighted by atomic mass is 9.79. The van der Waals surface area contributed by atoms with Gasteiger partial charge < -0.3 is 5.73 Å². The van der Waals surface area contributed by atoms with Gasteiger partial charge >= 0.3 is 0 Å². The molecule has 0 atom stereocenters. The van der Waals surface area contributed by atoms with E-state index in [1.165, 1.54) is 0 Å². The number of nitrogens with two attached hydrogens (primary N) is 1. The third-order valence-electron chi connectivity index (χ3n) is 2.55. The first-order chi connectivity index (χ1) is 6.61. The molecular formula is C12H16N2. The van der Waals surface area contributed by atoms with E-state index in [-0.39, 0.29) is 5.41 Å². The molecule has 1 aromatic rings. The first-order valence-electron chi connectivity index (χ1n) is 4.81. The van der Waals surface area contributed by atoms with Crippen LogP contribution in [0.1, 0.15) is 31.4 Å². The molecular weight excluding hydrogens is 172 g/mol. The van der Waals surface area contributed by atoms with E-state index in [1.54, 1.807) is 0 Å². The molecule has 2 heteroatoms. The zero-order valence-electron chi connectivity index (χ0n) is 8.75. The van der Waals surface area contributed by atoms with Gasteiger partial charge in [-0.3, -0.25) is 0 Å². The predicted octanol–water partition coefficient (Wildman–Crippen LogP) is 2.18. The summed E-state index contributed by atoms with van der Waals surface area (Å²) in [5, 5.41) is 8.97. The molecule has 1 rings (SSSR count). The Morgan fingerprint density at radius 1 is 1.36 bits per heavy atom. The molecule has 0 spiro atoms. The van der Waals surface area contributed by atoms with Gasteiger partial charge in [-0.15, -0.1) is 0 Å². The smallest absolute Gasteiger partial charge is 0.0994 e. The number of hydrogen-bond acceptors (Lipinski definition) is 2. The molecule has 74 valence electrons. The third-order valence-corrected chi connectivity index (χ3v) is 2.55. The summed E-state index contributed by atoms with van der Waals surface area (Å²) in [4.78, 5) is 0. The normalized spacial score (nSPS) is 11.0. The highest BCUT2D eigenvalue weighted by Crippen LogP contribution is 2.28. The minimum absolute atomic E-state index is 0.0128. The van der Waals surface area contributed by atoms with Crippen molar-refractivity contribution in [3.8, 4) is 6.07 Å². The molecule has 0 unspecified atom stereocenters. The Morgan fingerprint density at radius 2 is 2.00 bits per heavy atom. The average Bonchev–Trinajstić information content (AvgIpc) is 2.18. The van der Waals surface area contributed by atoms with Crippen LogP contribution in [0.15, 0.2) is 24.3 Å². The Kier molecular flexibility index (Phi) is 3.27. The van der Waals surface area contributed by atoms with Gasteiger partial charge in [0.05, 0.1) is 11.6 Å². The van der Waals surface area contributed by atoms with Crippen molar-refractivity contribution in [3.63, 3.8) is 0 Å². The van der Waals surface area contributed by atoms with Gasteiger partial charge in [-0.1, -0.05) is 32.0 Å². The van der Waals surface area contributed by atoms with E-state index in [4.69, 9.17) is 11.0 Å². The lowest BCUT2D eigenvalue weighted by Gasteiger charge is -2.25. The van der Waals surface area contributed by atoms with Gasteiger partial charge in [-0.25, -0.2) is 0 Å². The summed E-state index contributed by atoms with van der Waals surface area (Å²) in [5.41, 5.74) is 7.39. The summed E-state index contributed by atoms with van der Waals surface area (Å²) >= 11 is 0. The molecule has 2 N–H and O–H groups in total. The Hall–Kier alpha value is -1.33. The first kappa shape index (κ1) is 10.7. The number of hydrogen-bond donors (Lipinski definition) is 1. The molecule has 0 radical (unpaired) electrons. The van der Waals surface area contributed by atoms with Crippen LogP contribution in [0.4, 0.5) is 0 Å². The topological polar surface area (TPSA) is 49.8 Å². The molecule has 0 aliphatic carbocycles. The van der Waals surface area contributed by atoms with Gasteiger partial charge in [0.2, 0.25) is 0 Å². The fourth-order valence-electron chi connectivity index (χ4n) is 1.67. The van der Waals surface area contributed by atoms with E-state index in [1.807, 2.05) is 24.3 Å². The van der Waals surface area contributed by atoms with Crippen molar-refractivity contribution in [3.05, 3.63) is 35.4 Å². The van der Waals surface area contributed by atoms with E-state index in [2.05, 4.69) is 19.9 Å². The van der Waals surface area contributed by atoms with Crippen molar-refractivity contribution in [1.82, 2.24) is 0 Å². The summed E-state index contributed by atoms with van der Waals surface area (Å²) in [6.07, 6.45) is 0.895. The van der Waals surface area contributed by atoms with Crippen LogP contribution in [0.3, 0.4) is 0 Å². The molecule has 0 saturated carbocycles. The molecule has 0 heterocycles. The van der Waals surface area contributed by atoms with Crippen LogP contribution in [-0.2, 0) is 5.41 Å². The summed E-state index contributed by atoms with van der Waals surface area (Å²) in [7, 11) is 0. The zero-order chi connectivity index (χ0) is 10.6. The molecule has 14 heavy (non-hydrogen) atoms. The van der Waals surface area contributed by atoms with E-state index < -0.39 is 0 Å². The Morgan fingerprint density at radius 3 is 2.57 bits per heavy atom. The number of rotatable bonds is 3. The molecule has 2 nitrogen and oxygen atoms in total. The second-order valence-electron chi connectivity index (χ2n) is 4.08. The zero-order valence-corrected chi connectivity index (χ0v) is 8.75. The summed E-state index contributed by atoms with van der Waals surface area (Å²) < 4.78 is 0. The fraction of sp³-hybridized carbons (Fsp3) is 0.417. The van der Waals surface area contributed by atoms with E-state index in [0.29, 0.717) is 6.54 Å². The molecule has 0 bridgehead atoms. The summed E-state index contributed by atoms with van der Waals surface area (Å²) in [6, 6.07) is 9.94. The van der Waals surface area contributed by atoms with Crippen LogP contribution < -0.4 is 5.73 Å². The molecule has 1 aromatic carbocycles. The molecule has 0 saturated heterocycles. The van der Waals surface area contributed by atoms with Crippen LogP contribution in [-0.4, -0.2) is 6.54 Å². The highest BCUT2D eigenvalue weighted by molar-refractivity contribution is 5.41. The van der Waals surface area contributed by atoms with Crippen molar-refractivity contribution in [2.45, 2.75) is 25.7 Å². The Balaban J connectivity index is 3.12. The minimum atomic E-state index is -0.0128. The van der Waals surface area contributed by atoms with Gasteiger partial charge in [0.1, 0.15) is 0 Å². The minimum Gasteiger partial charge on any atom is -0.330 e. The Labute approximate surface area is 85.4 Å². The van der Waals surface area contributed by atoms with Crippen molar-refractivity contribution in [1.29, 1.82) is 5.26 Å². The van der Waals surface area contributed by atoms with Gasteiger partial charge in [0.25, 0.3) is 0 Å². The van der Waals surface area contributed by atoms with Crippen LogP contribution in [0, 0.1) is 11.3 Å². The third kappa shape index (κ3) is 2.12. The predicted molar refractivity (Wildman–Crippen MR) is 57.9 cm³/mol. The van der Waals surface area contributed by atoms with Crippen molar-refractivity contribution in [2.24, 2.45) is 5.73 Å². The monoisotopic (exact) mass is 188 g/mol. The second kappa shape index (κ2) is 4.26. The largest absolute Gasteiger partial charge is 0.330 e. The molecule has 0 aromatic heterocycles. The molecule has 0 aliphatic rings. The number of nitrogens with zero attached hydrogens (tertiary/aromatic N) is 1. The van der Waals surface area contributed by atoms with E-state index >= 15 is 0 Å². The lowest BCUT2D eigenvalue weighted by molar-refractivity contribution is 0.486. The van der Waals surface area contributed by atoms with Gasteiger partial charge in [0.15, 0.2) is 0 Å². The highest BCUT2D eigenvalue weighted by Gasteiger charge is 2.22. The summed E-state index contributed by atoms with van der Waals surface area (Å²) in [5.74, 6) is 0. The van der Waals surface area contributed by atoms with Crippen LogP contribution in [0.25, 0.3) is 0 Å². The standard InChI is InChI=1S/C12H16N2/c1-12(2,7-8-13)11-6-4-3-5-10(11)9-14/h3-6H,7-8,13H2,1-2H3. The maximum atomic E-state index is 8.97. The lowest BCUT2D eigenvalue weighted by Crippen LogP contribution is -2.22. The van der Waals surface area contributed by atoms with Crippen LogP contribution >= 0.6 is 0 Å². The molecule has 0 aliphatic heterocycles. The van der Waals surface area contributed by atoms with Crippen molar-refractivity contribution >= 4 is 0 Å². The maximum Gasteiger partial charge on any atom is 0.0994 e. The highest BCUT2D eigenvalue weighted by atomic mass is 14.5. The SMILES string of the molecule is CC(C)(CCN)c1ccccc1C#N. The van der Waals surface area contributed by atoms with Gasteiger partial charge in [0, 0.05) is 0 Å². The van der Waals surface area contributed by atoms with Crippen molar-refractivity contribution in [2.75, 3.05) is 6.54 Å². The first-order valence-corrected chi connectivity index (χ1v) is 4.81. The van der Waals surface area contributed by atoms with Gasteiger partial charge in [-0.2, -0.15) is 5.26 Å². The van der Waals surface area contributed by atoms with Gasteiger partial charge in [-0.05, 0) is 30.0 Å². The van der Waals surface area contributed by atoms with E-state index in [0.717, 1.165) is 17.5 Å². The van der Waals surface area contributed by atoms with Crippen LogP contribution in [0.2, 0.25) is 0 Å². The van der Waals surface area contributed by atoms with E-state index in [9.17, 15) is 0 Å². The fourth-order valence-corrected chi connectivity index (χ4v) is 1.67. The maximum absolute atomic E-state index is 8.97. The summed E-state index contributed by atoms with van der Waals surface area (Å²) in [6.45, 7) is 4.89. The molecule has 0 amide bonds. The average molecular weight is 188 g/mol. The number of nitriles is 1. The van der Waals surface area contributed by atoms with Crippen LogP contribution in [0.5, 0.6) is 0 Å². The second-order valence-corrected chi connectivity index (χ2v) is 4.08. The molecule has 0 fully saturated rings.